The molecule has 0 spiro atoms. The van der Waals surface area contributed by atoms with Gasteiger partial charge in [0.25, 0.3) is 0 Å². The molecule has 1 saturated carbocycles. The molecule has 0 radical (unpaired) electrons. The minimum Gasteiger partial charge on any atom is -0.399 e. The largest absolute Gasteiger partial charge is 0.399 e. The molecule has 0 bridgehead atoms. The van der Waals surface area contributed by atoms with Crippen LogP contribution in [0.4, 0.5) is 11.4 Å². The quantitative estimate of drug-likeness (QED) is 0.666. The van der Waals surface area contributed by atoms with Crippen LogP contribution in [0.5, 0.6) is 0 Å². The van der Waals surface area contributed by atoms with Crippen molar-refractivity contribution in [3.63, 3.8) is 0 Å². The fraction of sp³-hybridized carbons (Fsp3) is 0.538. The van der Waals surface area contributed by atoms with E-state index in [1.165, 1.54) is 12.8 Å². The lowest BCUT2D eigenvalue weighted by molar-refractivity contribution is 0.253. The first-order valence-electron chi connectivity index (χ1n) is 5.86. The van der Waals surface area contributed by atoms with Gasteiger partial charge in [-0.25, -0.2) is 0 Å². The first-order valence-corrected chi connectivity index (χ1v) is 5.86. The molecule has 1 aromatic rings. The summed E-state index contributed by atoms with van der Waals surface area (Å²) in [5.41, 5.74) is 9.19. The van der Waals surface area contributed by atoms with E-state index in [-0.39, 0.29) is 0 Å². The molecule has 0 amide bonds. The summed E-state index contributed by atoms with van der Waals surface area (Å²) in [7, 11) is 0. The number of aliphatic hydroxyl groups is 1. The standard InChI is InChI=1S/C13H20N2O/c1-10-8-11(2-3-12(10)14)15-9-13(4-5-13)6-7-16/h2-3,8,15-16H,4-7,9,14H2,1H3. The molecular weight excluding hydrogens is 200 g/mol. The maximum Gasteiger partial charge on any atom is 0.0436 e. The van der Waals surface area contributed by atoms with Gasteiger partial charge in [0.2, 0.25) is 0 Å². The number of aryl methyl sites for hydroxylation is 1. The molecule has 1 fully saturated rings. The number of anilines is 2. The molecule has 0 unspecified atom stereocenters. The lowest BCUT2D eigenvalue weighted by Gasteiger charge is -2.16. The van der Waals surface area contributed by atoms with Gasteiger partial charge in [-0.2, -0.15) is 0 Å². The SMILES string of the molecule is Cc1cc(NCC2(CCO)CC2)ccc1N. The van der Waals surface area contributed by atoms with E-state index < -0.39 is 0 Å². The van der Waals surface area contributed by atoms with Crippen LogP contribution in [0.25, 0.3) is 0 Å². The molecule has 1 aliphatic rings. The predicted octanol–water partition coefficient (Wildman–Crippen LogP) is 2.15. The summed E-state index contributed by atoms with van der Waals surface area (Å²) >= 11 is 0. The predicted molar refractivity (Wildman–Crippen MR) is 67.5 cm³/mol. The van der Waals surface area contributed by atoms with Crippen molar-refractivity contribution in [1.29, 1.82) is 0 Å². The summed E-state index contributed by atoms with van der Waals surface area (Å²) in [6.45, 7) is 3.26. The van der Waals surface area contributed by atoms with E-state index in [4.69, 9.17) is 10.8 Å². The van der Waals surface area contributed by atoms with Gasteiger partial charge in [-0.3, -0.25) is 0 Å². The van der Waals surface area contributed by atoms with Crippen LogP contribution >= 0.6 is 0 Å². The van der Waals surface area contributed by atoms with Gasteiger partial charge in [-0.1, -0.05) is 0 Å². The molecule has 2 rings (SSSR count). The van der Waals surface area contributed by atoms with Crippen molar-refractivity contribution in [1.82, 2.24) is 0 Å². The van der Waals surface area contributed by atoms with E-state index in [1.54, 1.807) is 0 Å². The van der Waals surface area contributed by atoms with E-state index in [9.17, 15) is 0 Å². The minimum absolute atomic E-state index is 0.294. The summed E-state index contributed by atoms with van der Waals surface area (Å²) in [5.74, 6) is 0. The fourth-order valence-corrected chi connectivity index (χ4v) is 2.00. The van der Waals surface area contributed by atoms with Gasteiger partial charge in [-0.05, 0) is 55.4 Å². The van der Waals surface area contributed by atoms with Crippen LogP contribution in [0, 0.1) is 12.3 Å². The Labute approximate surface area is 96.7 Å². The van der Waals surface area contributed by atoms with Gasteiger partial charge in [0.05, 0.1) is 0 Å². The molecule has 3 nitrogen and oxygen atoms in total. The molecule has 3 heteroatoms. The summed E-state index contributed by atoms with van der Waals surface area (Å²) in [4.78, 5) is 0. The van der Waals surface area contributed by atoms with Crippen molar-refractivity contribution in [2.24, 2.45) is 5.41 Å². The van der Waals surface area contributed by atoms with Gasteiger partial charge in [0, 0.05) is 24.5 Å². The smallest absolute Gasteiger partial charge is 0.0436 e. The molecule has 88 valence electrons. The van der Waals surface area contributed by atoms with E-state index in [1.807, 2.05) is 19.1 Å². The number of nitrogens with one attached hydrogen (secondary N) is 1. The molecule has 16 heavy (non-hydrogen) atoms. The average molecular weight is 220 g/mol. The van der Waals surface area contributed by atoms with Crippen LogP contribution in [0.15, 0.2) is 18.2 Å². The number of rotatable bonds is 5. The molecule has 0 aliphatic heterocycles. The monoisotopic (exact) mass is 220 g/mol. The van der Waals surface area contributed by atoms with E-state index in [2.05, 4.69) is 11.4 Å². The summed E-state index contributed by atoms with van der Waals surface area (Å²) in [5, 5.41) is 12.4. The van der Waals surface area contributed by atoms with Crippen molar-refractivity contribution >= 4 is 11.4 Å². The van der Waals surface area contributed by atoms with Crippen LogP contribution in [0.3, 0.4) is 0 Å². The summed E-state index contributed by atoms with van der Waals surface area (Å²) in [6.07, 6.45) is 3.37. The number of nitrogen functional groups attached to an aromatic ring is 1. The van der Waals surface area contributed by atoms with Gasteiger partial charge >= 0.3 is 0 Å². The second-order valence-corrected chi connectivity index (χ2v) is 4.90. The van der Waals surface area contributed by atoms with Crippen molar-refractivity contribution < 1.29 is 5.11 Å². The first kappa shape index (κ1) is 11.3. The Balaban J connectivity index is 1.92. The third kappa shape index (κ3) is 2.47. The number of benzene rings is 1. The van der Waals surface area contributed by atoms with Gasteiger partial charge < -0.3 is 16.2 Å². The molecule has 0 atom stereocenters. The van der Waals surface area contributed by atoms with E-state index >= 15 is 0 Å². The zero-order valence-electron chi connectivity index (χ0n) is 9.79. The Morgan fingerprint density at radius 3 is 2.75 bits per heavy atom. The van der Waals surface area contributed by atoms with Crippen LogP contribution in [0.1, 0.15) is 24.8 Å². The molecule has 1 aromatic carbocycles. The van der Waals surface area contributed by atoms with Crippen molar-refractivity contribution in [2.75, 3.05) is 24.2 Å². The second-order valence-electron chi connectivity index (χ2n) is 4.90. The van der Waals surface area contributed by atoms with Crippen LogP contribution in [-0.4, -0.2) is 18.3 Å². The highest BCUT2D eigenvalue weighted by molar-refractivity contribution is 5.56. The Morgan fingerprint density at radius 2 is 2.19 bits per heavy atom. The lowest BCUT2D eigenvalue weighted by Crippen LogP contribution is -2.16. The Hall–Kier alpha value is -1.22. The van der Waals surface area contributed by atoms with Gasteiger partial charge in [0.1, 0.15) is 0 Å². The van der Waals surface area contributed by atoms with Crippen molar-refractivity contribution in [3.05, 3.63) is 23.8 Å². The summed E-state index contributed by atoms with van der Waals surface area (Å²) < 4.78 is 0. The minimum atomic E-state index is 0.294. The highest BCUT2D eigenvalue weighted by Crippen LogP contribution is 2.48. The Kier molecular flexibility index (Phi) is 3.06. The highest BCUT2D eigenvalue weighted by Gasteiger charge is 2.41. The normalized spacial score (nSPS) is 17.1. The fourth-order valence-electron chi connectivity index (χ4n) is 2.00. The number of hydrogen-bond acceptors (Lipinski definition) is 3. The van der Waals surface area contributed by atoms with Crippen LogP contribution in [-0.2, 0) is 0 Å². The Bertz CT molecular complexity index is 372. The molecular formula is C13H20N2O. The van der Waals surface area contributed by atoms with Crippen LogP contribution < -0.4 is 11.1 Å². The topological polar surface area (TPSA) is 58.3 Å². The van der Waals surface area contributed by atoms with Crippen molar-refractivity contribution in [2.45, 2.75) is 26.2 Å². The molecule has 0 heterocycles. The molecule has 1 aliphatic carbocycles. The Morgan fingerprint density at radius 1 is 1.44 bits per heavy atom. The zero-order valence-corrected chi connectivity index (χ0v) is 9.79. The van der Waals surface area contributed by atoms with Crippen molar-refractivity contribution in [3.8, 4) is 0 Å². The van der Waals surface area contributed by atoms with E-state index in [0.29, 0.717) is 12.0 Å². The third-order valence-corrected chi connectivity index (χ3v) is 3.54. The van der Waals surface area contributed by atoms with Gasteiger partial charge in [-0.15, -0.1) is 0 Å². The zero-order chi connectivity index (χ0) is 11.6. The number of aliphatic hydroxyl groups excluding tert-OH is 1. The lowest BCUT2D eigenvalue weighted by atomic mass is 10.0. The first-order chi connectivity index (χ1) is 7.65. The van der Waals surface area contributed by atoms with Gasteiger partial charge in [0.15, 0.2) is 0 Å². The van der Waals surface area contributed by atoms with E-state index in [0.717, 1.165) is 29.9 Å². The highest BCUT2D eigenvalue weighted by atomic mass is 16.3. The third-order valence-electron chi connectivity index (χ3n) is 3.54. The number of nitrogens with two attached hydrogens (primary N) is 1. The molecule has 0 saturated heterocycles. The maximum absolute atomic E-state index is 8.98. The summed E-state index contributed by atoms with van der Waals surface area (Å²) in [6, 6.07) is 6.02. The number of hydrogen-bond donors (Lipinski definition) is 3. The second kappa shape index (κ2) is 4.34. The average Bonchev–Trinajstić information content (AvgIpc) is 3.01. The molecule has 0 aromatic heterocycles. The maximum atomic E-state index is 8.98. The molecule has 4 N–H and O–H groups in total. The van der Waals surface area contributed by atoms with Crippen LogP contribution in [0.2, 0.25) is 0 Å².